The summed E-state index contributed by atoms with van der Waals surface area (Å²) in [5.74, 6) is -1.06. The van der Waals surface area contributed by atoms with Gasteiger partial charge in [-0.05, 0) is 25.8 Å². The van der Waals surface area contributed by atoms with Crippen molar-refractivity contribution in [1.82, 2.24) is 0 Å². The second-order valence-corrected chi connectivity index (χ2v) is 3.73. The van der Waals surface area contributed by atoms with Gasteiger partial charge in [0, 0.05) is 6.92 Å². The van der Waals surface area contributed by atoms with Gasteiger partial charge in [-0.1, -0.05) is 26.2 Å². The number of rotatable bonds is 8. The van der Waals surface area contributed by atoms with Crippen LogP contribution in [0.4, 0.5) is 0 Å². The maximum absolute atomic E-state index is 11.4. The first-order chi connectivity index (χ1) is 8.11. The Morgan fingerprint density at radius 1 is 1.12 bits per heavy atom. The molecule has 4 nitrogen and oxygen atoms in total. The molecule has 98 valence electrons. The highest BCUT2D eigenvalue weighted by atomic mass is 16.6. The maximum atomic E-state index is 11.4. The van der Waals surface area contributed by atoms with Gasteiger partial charge in [-0.2, -0.15) is 0 Å². The predicted molar refractivity (Wildman–Crippen MR) is 65.2 cm³/mol. The Balaban J connectivity index is 4.20. The highest BCUT2D eigenvalue weighted by Gasteiger charge is 2.13. The number of carbonyl (C=O) groups is 2. The zero-order valence-electron chi connectivity index (χ0n) is 11.0. The molecule has 0 aliphatic rings. The number of ether oxygens (including phenoxy) is 2. The number of allylic oxidation sites excluding steroid dienone is 1. The molecule has 0 aliphatic heterocycles. The molecule has 0 unspecified atom stereocenters. The van der Waals surface area contributed by atoms with Crippen LogP contribution in [-0.4, -0.2) is 18.5 Å². The van der Waals surface area contributed by atoms with E-state index in [9.17, 15) is 9.59 Å². The van der Waals surface area contributed by atoms with Gasteiger partial charge in [0.15, 0.2) is 0 Å². The highest BCUT2D eigenvalue weighted by molar-refractivity contribution is 5.89. The molecule has 0 radical (unpaired) electrons. The number of esters is 2. The molecule has 17 heavy (non-hydrogen) atoms. The molecule has 0 heterocycles. The molecule has 4 heteroatoms. The van der Waals surface area contributed by atoms with Crippen molar-refractivity contribution in [3.05, 3.63) is 11.8 Å². The smallest absolute Gasteiger partial charge is 0.374 e. The minimum absolute atomic E-state index is 0.0100. The summed E-state index contributed by atoms with van der Waals surface area (Å²) in [4.78, 5) is 22.3. The molecule has 0 aromatic heterocycles. The van der Waals surface area contributed by atoms with Crippen molar-refractivity contribution in [2.75, 3.05) is 6.61 Å². The van der Waals surface area contributed by atoms with Crippen molar-refractivity contribution < 1.29 is 19.1 Å². The lowest BCUT2D eigenvalue weighted by molar-refractivity contribution is -0.150. The SMILES string of the molecule is CCCCCC/C=C(/OC(C)=O)C(=O)OCC. The van der Waals surface area contributed by atoms with Crippen LogP contribution >= 0.6 is 0 Å². The number of hydrogen-bond acceptors (Lipinski definition) is 4. The summed E-state index contributed by atoms with van der Waals surface area (Å²) in [6.07, 6.45) is 6.80. The Labute approximate surface area is 103 Å². The van der Waals surface area contributed by atoms with E-state index in [1.807, 2.05) is 0 Å². The summed E-state index contributed by atoms with van der Waals surface area (Å²) in [7, 11) is 0. The van der Waals surface area contributed by atoms with Crippen LogP contribution in [0.15, 0.2) is 11.8 Å². The van der Waals surface area contributed by atoms with Gasteiger partial charge in [0.05, 0.1) is 6.61 Å². The number of unbranched alkanes of at least 4 members (excludes halogenated alkanes) is 4. The Morgan fingerprint density at radius 3 is 2.35 bits per heavy atom. The average molecular weight is 242 g/mol. The van der Waals surface area contributed by atoms with Crippen LogP contribution in [0.1, 0.15) is 52.9 Å². The first kappa shape index (κ1) is 15.7. The van der Waals surface area contributed by atoms with Crippen LogP contribution in [0.5, 0.6) is 0 Å². The topological polar surface area (TPSA) is 52.6 Å². The Bertz CT molecular complexity index is 269. The quantitative estimate of drug-likeness (QED) is 0.284. The third-order valence-corrected chi connectivity index (χ3v) is 2.12. The van der Waals surface area contributed by atoms with Crippen molar-refractivity contribution in [1.29, 1.82) is 0 Å². The minimum Gasteiger partial charge on any atom is -0.460 e. The predicted octanol–water partition coefficient (Wildman–Crippen LogP) is 2.97. The normalized spacial score (nSPS) is 11.1. The molecule has 0 spiro atoms. The lowest BCUT2D eigenvalue weighted by atomic mass is 10.1. The third-order valence-electron chi connectivity index (χ3n) is 2.12. The van der Waals surface area contributed by atoms with Gasteiger partial charge < -0.3 is 9.47 Å². The van der Waals surface area contributed by atoms with E-state index in [-0.39, 0.29) is 12.4 Å². The molecule has 0 aromatic carbocycles. The number of hydrogen-bond donors (Lipinski definition) is 0. The van der Waals surface area contributed by atoms with Crippen molar-refractivity contribution in [3.8, 4) is 0 Å². The molecule has 0 bridgehead atoms. The Morgan fingerprint density at radius 2 is 1.82 bits per heavy atom. The fraction of sp³-hybridized carbons (Fsp3) is 0.692. The summed E-state index contributed by atoms with van der Waals surface area (Å²) in [5, 5.41) is 0. The lowest BCUT2D eigenvalue weighted by Gasteiger charge is -2.06. The standard InChI is InChI=1S/C13H22O4/c1-4-6-7-8-9-10-12(17-11(3)14)13(15)16-5-2/h10H,4-9H2,1-3H3/b12-10+. The molecular weight excluding hydrogens is 220 g/mol. The third kappa shape index (κ3) is 8.48. The van der Waals surface area contributed by atoms with Gasteiger partial charge in [-0.3, -0.25) is 4.79 Å². The summed E-state index contributed by atoms with van der Waals surface area (Å²) < 4.78 is 9.62. The van der Waals surface area contributed by atoms with E-state index >= 15 is 0 Å². The molecule has 0 atom stereocenters. The Hall–Kier alpha value is -1.32. The largest absolute Gasteiger partial charge is 0.460 e. The van der Waals surface area contributed by atoms with Crippen LogP contribution < -0.4 is 0 Å². The van der Waals surface area contributed by atoms with E-state index in [0.717, 1.165) is 19.3 Å². The minimum atomic E-state index is -0.571. The van der Waals surface area contributed by atoms with E-state index in [1.165, 1.54) is 19.8 Å². The van der Waals surface area contributed by atoms with Crippen molar-refractivity contribution in [3.63, 3.8) is 0 Å². The van der Waals surface area contributed by atoms with E-state index in [1.54, 1.807) is 13.0 Å². The van der Waals surface area contributed by atoms with Crippen molar-refractivity contribution in [2.24, 2.45) is 0 Å². The van der Waals surface area contributed by atoms with E-state index in [4.69, 9.17) is 9.47 Å². The molecule has 0 aliphatic carbocycles. The molecule has 0 fully saturated rings. The van der Waals surface area contributed by atoms with E-state index < -0.39 is 11.9 Å². The first-order valence-electron chi connectivity index (χ1n) is 6.17. The van der Waals surface area contributed by atoms with Gasteiger partial charge in [0.25, 0.3) is 0 Å². The fourth-order valence-corrected chi connectivity index (χ4v) is 1.33. The lowest BCUT2D eigenvalue weighted by Crippen LogP contribution is -2.13. The van der Waals surface area contributed by atoms with Gasteiger partial charge >= 0.3 is 11.9 Å². The summed E-state index contributed by atoms with van der Waals surface area (Å²) in [6, 6.07) is 0. The molecule has 0 rings (SSSR count). The van der Waals surface area contributed by atoms with Gasteiger partial charge in [0.2, 0.25) is 5.76 Å². The summed E-state index contributed by atoms with van der Waals surface area (Å²) >= 11 is 0. The van der Waals surface area contributed by atoms with E-state index in [2.05, 4.69) is 6.92 Å². The Kier molecular flexibility index (Phi) is 9.11. The summed E-state index contributed by atoms with van der Waals surface area (Å²) in [6.45, 7) is 5.39. The van der Waals surface area contributed by atoms with Crippen LogP contribution in [-0.2, 0) is 19.1 Å². The number of carbonyl (C=O) groups excluding carboxylic acids is 2. The zero-order valence-corrected chi connectivity index (χ0v) is 11.0. The summed E-state index contributed by atoms with van der Waals surface area (Å²) in [5.41, 5.74) is 0. The molecule has 0 amide bonds. The highest BCUT2D eigenvalue weighted by Crippen LogP contribution is 2.08. The van der Waals surface area contributed by atoms with Crippen LogP contribution in [0, 0.1) is 0 Å². The first-order valence-corrected chi connectivity index (χ1v) is 6.17. The second-order valence-electron chi connectivity index (χ2n) is 3.73. The molecular formula is C13H22O4. The van der Waals surface area contributed by atoms with Crippen molar-refractivity contribution in [2.45, 2.75) is 52.9 Å². The molecule has 0 N–H and O–H groups in total. The molecule has 0 aromatic rings. The van der Waals surface area contributed by atoms with Crippen LogP contribution in [0.3, 0.4) is 0 Å². The second kappa shape index (κ2) is 9.87. The zero-order chi connectivity index (χ0) is 13.1. The van der Waals surface area contributed by atoms with Crippen molar-refractivity contribution >= 4 is 11.9 Å². The van der Waals surface area contributed by atoms with E-state index in [0.29, 0.717) is 0 Å². The van der Waals surface area contributed by atoms with Gasteiger partial charge in [0.1, 0.15) is 0 Å². The average Bonchev–Trinajstić information content (AvgIpc) is 2.27. The molecule has 0 saturated heterocycles. The fourth-order valence-electron chi connectivity index (χ4n) is 1.33. The van der Waals surface area contributed by atoms with Crippen LogP contribution in [0.2, 0.25) is 0 Å². The maximum Gasteiger partial charge on any atom is 0.374 e. The van der Waals surface area contributed by atoms with Crippen LogP contribution in [0.25, 0.3) is 0 Å². The monoisotopic (exact) mass is 242 g/mol. The van der Waals surface area contributed by atoms with Gasteiger partial charge in [-0.25, -0.2) is 4.79 Å². The molecule has 0 saturated carbocycles. The van der Waals surface area contributed by atoms with Gasteiger partial charge in [-0.15, -0.1) is 0 Å².